The lowest BCUT2D eigenvalue weighted by atomic mass is 10.2. The first-order valence-corrected chi connectivity index (χ1v) is 8.79. The summed E-state index contributed by atoms with van der Waals surface area (Å²) >= 11 is 0. The van der Waals surface area contributed by atoms with Gasteiger partial charge in [0.2, 0.25) is 10.0 Å². The maximum Gasteiger partial charge on any atom is 0.243 e. The molecule has 0 saturated carbocycles. The number of hydrogen-bond donors (Lipinski definition) is 0. The van der Waals surface area contributed by atoms with Crippen LogP contribution < -0.4 is 0 Å². The summed E-state index contributed by atoms with van der Waals surface area (Å²) in [6, 6.07) is 8.53. The van der Waals surface area contributed by atoms with E-state index in [-0.39, 0.29) is 4.90 Å². The Labute approximate surface area is 125 Å². The van der Waals surface area contributed by atoms with Gasteiger partial charge in [0.25, 0.3) is 0 Å². The van der Waals surface area contributed by atoms with Crippen molar-refractivity contribution in [2.24, 2.45) is 0 Å². The second-order valence-electron chi connectivity index (χ2n) is 5.68. The van der Waals surface area contributed by atoms with E-state index in [0.29, 0.717) is 24.7 Å². The van der Waals surface area contributed by atoms with Gasteiger partial charge in [-0.2, -0.15) is 9.57 Å². The summed E-state index contributed by atoms with van der Waals surface area (Å²) in [7, 11) is -3.43. The molecule has 2 heterocycles. The summed E-state index contributed by atoms with van der Waals surface area (Å²) < 4.78 is 26.8. The minimum atomic E-state index is -3.43. The lowest BCUT2D eigenvalue weighted by molar-refractivity contribution is 0.251. The normalized spacial score (nSPS) is 24.2. The van der Waals surface area contributed by atoms with E-state index >= 15 is 0 Å². The zero-order chi connectivity index (χ0) is 14.9. The predicted molar refractivity (Wildman–Crippen MR) is 79.1 cm³/mol. The van der Waals surface area contributed by atoms with Crippen LogP contribution in [0.4, 0.5) is 0 Å². The Morgan fingerprint density at radius 1 is 1.10 bits per heavy atom. The molecule has 2 aliphatic heterocycles. The molecule has 0 amide bonds. The third-order valence-electron chi connectivity index (χ3n) is 4.40. The topological polar surface area (TPSA) is 64.4 Å². The molecule has 2 aliphatic rings. The first-order valence-electron chi connectivity index (χ1n) is 7.35. The summed E-state index contributed by atoms with van der Waals surface area (Å²) in [5, 5.41) is 8.78. The second-order valence-corrected chi connectivity index (χ2v) is 7.62. The summed E-state index contributed by atoms with van der Waals surface area (Å²) in [4.78, 5) is 2.69. The van der Waals surface area contributed by atoms with Crippen molar-refractivity contribution in [2.75, 3.05) is 26.2 Å². The van der Waals surface area contributed by atoms with Crippen molar-refractivity contribution in [3.8, 4) is 6.07 Å². The Morgan fingerprint density at radius 3 is 2.38 bits per heavy atom. The molecule has 0 spiro atoms. The Bertz CT molecular complexity index is 642. The molecule has 1 unspecified atom stereocenters. The molecule has 1 aromatic carbocycles. The SMILES string of the molecule is N#Cc1ccc(S(=O)(=O)N2CCC(N3CCCC3)C2)cc1. The minimum absolute atomic E-state index is 0.281. The van der Waals surface area contributed by atoms with Crippen LogP contribution >= 0.6 is 0 Å². The van der Waals surface area contributed by atoms with Crippen molar-refractivity contribution in [1.29, 1.82) is 5.26 Å². The summed E-state index contributed by atoms with van der Waals surface area (Å²) in [5.74, 6) is 0. The van der Waals surface area contributed by atoms with Crippen LogP contribution in [-0.2, 0) is 10.0 Å². The van der Waals surface area contributed by atoms with Crippen molar-refractivity contribution in [3.05, 3.63) is 29.8 Å². The van der Waals surface area contributed by atoms with Gasteiger partial charge in [0.15, 0.2) is 0 Å². The molecule has 1 atom stereocenters. The van der Waals surface area contributed by atoms with Crippen molar-refractivity contribution in [2.45, 2.75) is 30.2 Å². The van der Waals surface area contributed by atoms with Gasteiger partial charge >= 0.3 is 0 Å². The van der Waals surface area contributed by atoms with Gasteiger partial charge in [-0.25, -0.2) is 8.42 Å². The average molecular weight is 305 g/mol. The molecular weight excluding hydrogens is 286 g/mol. The molecular formula is C15H19N3O2S. The predicted octanol–water partition coefficient (Wildman–Crippen LogP) is 1.42. The van der Waals surface area contributed by atoms with Gasteiger partial charge in [-0.05, 0) is 56.6 Å². The van der Waals surface area contributed by atoms with Crippen molar-refractivity contribution in [3.63, 3.8) is 0 Å². The van der Waals surface area contributed by atoms with E-state index in [9.17, 15) is 8.42 Å². The van der Waals surface area contributed by atoms with Gasteiger partial charge in [-0.3, -0.25) is 4.90 Å². The van der Waals surface area contributed by atoms with Crippen LogP contribution in [0.5, 0.6) is 0 Å². The molecule has 2 fully saturated rings. The van der Waals surface area contributed by atoms with Crippen LogP contribution in [-0.4, -0.2) is 49.8 Å². The third-order valence-corrected chi connectivity index (χ3v) is 6.28. The maximum absolute atomic E-state index is 12.6. The molecule has 0 radical (unpaired) electrons. The molecule has 3 rings (SSSR count). The third kappa shape index (κ3) is 2.82. The number of nitrogens with zero attached hydrogens (tertiary/aromatic N) is 3. The Kier molecular flexibility index (Phi) is 3.98. The van der Waals surface area contributed by atoms with Gasteiger partial charge in [-0.15, -0.1) is 0 Å². The Hall–Kier alpha value is -1.42. The quantitative estimate of drug-likeness (QED) is 0.847. The minimum Gasteiger partial charge on any atom is -0.299 e. The van der Waals surface area contributed by atoms with Gasteiger partial charge in [-0.1, -0.05) is 0 Å². The largest absolute Gasteiger partial charge is 0.299 e. The zero-order valence-electron chi connectivity index (χ0n) is 11.9. The highest BCUT2D eigenvalue weighted by Crippen LogP contribution is 2.25. The van der Waals surface area contributed by atoms with Gasteiger partial charge < -0.3 is 0 Å². The van der Waals surface area contributed by atoms with Crippen LogP contribution in [0.2, 0.25) is 0 Å². The molecule has 112 valence electrons. The van der Waals surface area contributed by atoms with E-state index in [2.05, 4.69) is 4.90 Å². The standard InChI is InChI=1S/C15H19N3O2S/c16-11-13-3-5-15(6-4-13)21(19,20)18-10-7-14(12-18)17-8-1-2-9-17/h3-6,14H,1-2,7-10,12H2. The van der Waals surface area contributed by atoms with Gasteiger partial charge in [0.1, 0.15) is 0 Å². The Morgan fingerprint density at radius 2 is 1.76 bits per heavy atom. The summed E-state index contributed by atoms with van der Waals surface area (Å²) in [6.07, 6.45) is 3.35. The van der Waals surface area contributed by atoms with Crippen LogP contribution in [0, 0.1) is 11.3 Å². The van der Waals surface area contributed by atoms with Crippen molar-refractivity contribution < 1.29 is 8.42 Å². The van der Waals surface area contributed by atoms with Crippen LogP contribution in [0.15, 0.2) is 29.2 Å². The number of likely N-dealkylation sites (tertiary alicyclic amines) is 1. The van der Waals surface area contributed by atoms with E-state index in [1.54, 1.807) is 16.4 Å². The fourth-order valence-corrected chi connectivity index (χ4v) is 4.68. The number of nitriles is 1. The number of sulfonamides is 1. The van der Waals surface area contributed by atoms with Crippen molar-refractivity contribution in [1.82, 2.24) is 9.21 Å². The fourth-order valence-electron chi connectivity index (χ4n) is 3.18. The van der Waals surface area contributed by atoms with E-state index < -0.39 is 10.0 Å². The fraction of sp³-hybridized carbons (Fsp3) is 0.533. The average Bonchev–Trinajstić information content (AvgIpc) is 3.18. The van der Waals surface area contributed by atoms with Crippen LogP contribution in [0.3, 0.4) is 0 Å². The van der Waals surface area contributed by atoms with Gasteiger partial charge in [0.05, 0.1) is 16.5 Å². The number of hydrogen-bond acceptors (Lipinski definition) is 4. The lowest BCUT2D eigenvalue weighted by Crippen LogP contribution is -2.37. The van der Waals surface area contributed by atoms with E-state index in [4.69, 9.17) is 5.26 Å². The van der Waals surface area contributed by atoms with E-state index in [1.165, 1.54) is 25.0 Å². The monoisotopic (exact) mass is 305 g/mol. The highest BCUT2D eigenvalue weighted by atomic mass is 32.2. The first kappa shape index (κ1) is 14.5. The number of rotatable bonds is 3. The molecule has 5 nitrogen and oxygen atoms in total. The van der Waals surface area contributed by atoms with Gasteiger partial charge in [0, 0.05) is 19.1 Å². The van der Waals surface area contributed by atoms with Crippen LogP contribution in [0.25, 0.3) is 0 Å². The first-order chi connectivity index (χ1) is 10.1. The Balaban J connectivity index is 1.74. The second kappa shape index (κ2) is 5.76. The summed E-state index contributed by atoms with van der Waals surface area (Å²) in [6.45, 7) is 3.36. The van der Waals surface area contributed by atoms with E-state index in [0.717, 1.165) is 19.5 Å². The molecule has 0 aromatic heterocycles. The number of benzene rings is 1. The molecule has 0 bridgehead atoms. The smallest absolute Gasteiger partial charge is 0.243 e. The zero-order valence-corrected chi connectivity index (χ0v) is 12.7. The molecule has 6 heteroatoms. The molecule has 0 N–H and O–H groups in total. The molecule has 21 heavy (non-hydrogen) atoms. The molecule has 1 aromatic rings. The molecule has 2 saturated heterocycles. The lowest BCUT2D eigenvalue weighted by Gasteiger charge is -2.23. The van der Waals surface area contributed by atoms with E-state index in [1.807, 2.05) is 6.07 Å². The summed E-state index contributed by atoms with van der Waals surface area (Å²) in [5.41, 5.74) is 0.477. The van der Waals surface area contributed by atoms with Crippen LogP contribution in [0.1, 0.15) is 24.8 Å². The highest BCUT2D eigenvalue weighted by Gasteiger charge is 2.35. The maximum atomic E-state index is 12.6. The van der Waals surface area contributed by atoms with Crippen molar-refractivity contribution >= 4 is 10.0 Å². The highest BCUT2D eigenvalue weighted by molar-refractivity contribution is 7.89. The molecule has 0 aliphatic carbocycles.